The van der Waals surface area contributed by atoms with E-state index in [-0.39, 0.29) is 23.8 Å². The zero-order chi connectivity index (χ0) is 15.0. The fourth-order valence-electron chi connectivity index (χ4n) is 1.85. The molecule has 2 amide bonds. The normalized spacial score (nSPS) is 13.3. The Hall–Kier alpha value is -1.88. The third-order valence-corrected chi connectivity index (χ3v) is 3.16. The molecule has 0 fully saturated rings. The van der Waals surface area contributed by atoms with Gasteiger partial charge in [0.2, 0.25) is 11.8 Å². The van der Waals surface area contributed by atoms with Gasteiger partial charge in [0.15, 0.2) is 0 Å². The highest BCUT2D eigenvalue weighted by Gasteiger charge is 2.21. The Balaban J connectivity index is 2.34. The van der Waals surface area contributed by atoms with Crippen molar-refractivity contribution in [2.45, 2.75) is 26.3 Å². The molecule has 1 rings (SSSR count). The molecule has 5 nitrogen and oxygen atoms in total. The number of hydrogen-bond donors (Lipinski definition) is 3. The number of rotatable bonds is 7. The van der Waals surface area contributed by atoms with Gasteiger partial charge < -0.3 is 16.4 Å². The molecule has 0 spiro atoms. The minimum atomic E-state index is -0.313. The summed E-state index contributed by atoms with van der Waals surface area (Å²) in [6.45, 7) is 4.39. The summed E-state index contributed by atoms with van der Waals surface area (Å²) in [5, 5.41) is 5.52. The van der Waals surface area contributed by atoms with Crippen LogP contribution in [-0.2, 0) is 9.59 Å². The smallest absolute Gasteiger partial charge is 0.224 e. The second-order valence-electron chi connectivity index (χ2n) is 4.85. The van der Waals surface area contributed by atoms with E-state index in [2.05, 4.69) is 10.6 Å². The fraction of sp³-hybridized carbons (Fsp3) is 0.467. The number of amides is 2. The predicted molar refractivity (Wildman–Crippen MR) is 78.8 cm³/mol. The van der Waals surface area contributed by atoms with E-state index < -0.39 is 0 Å². The highest BCUT2D eigenvalue weighted by Crippen LogP contribution is 2.18. The van der Waals surface area contributed by atoms with Crippen LogP contribution in [0.1, 0.15) is 31.9 Å². The van der Waals surface area contributed by atoms with Crippen LogP contribution in [0.25, 0.3) is 0 Å². The van der Waals surface area contributed by atoms with E-state index in [1.54, 1.807) is 0 Å². The number of carbonyl (C=O) groups excluding carboxylic acids is 2. The third kappa shape index (κ3) is 5.40. The molecule has 0 aromatic heterocycles. The zero-order valence-electron chi connectivity index (χ0n) is 12.1. The topological polar surface area (TPSA) is 84.2 Å². The molecule has 1 aromatic rings. The summed E-state index contributed by atoms with van der Waals surface area (Å²) in [6, 6.07) is 9.27. The maximum atomic E-state index is 12.0. The predicted octanol–water partition coefficient (Wildman–Crippen LogP) is 0.965. The first-order chi connectivity index (χ1) is 9.52. The largest absolute Gasteiger partial charge is 0.356 e. The van der Waals surface area contributed by atoms with Gasteiger partial charge >= 0.3 is 0 Å². The summed E-state index contributed by atoms with van der Waals surface area (Å²) < 4.78 is 0. The van der Waals surface area contributed by atoms with E-state index >= 15 is 0 Å². The van der Waals surface area contributed by atoms with Crippen molar-refractivity contribution in [3.8, 4) is 0 Å². The molecular formula is C15H23N3O2. The molecule has 0 aliphatic carbocycles. The van der Waals surface area contributed by atoms with Gasteiger partial charge in [-0.3, -0.25) is 9.59 Å². The van der Waals surface area contributed by atoms with Crippen LogP contribution >= 0.6 is 0 Å². The van der Waals surface area contributed by atoms with Crippen molar-refractivity contribution in [1.82, 2.24) is 10.6 Å². The lowest BCUT2D eigenvalue weighted by molar-refractivity contribution is -0.125. The Morgan fingerprint density at radius 1 is 1.15 bits per heavy atom. The lowest BCUT2D eigenvalue weighted by Crippen LogP contribution is -2.37. The molecule has 0 heterocycles. The minimum Gasteiger partial charge on any atom is -0.356 e. The molecule has 0 aliphatic heterocycles. The average molecular weight is 277 g/mol. The number of nitrogens with one attached hydrogen (secondary N) is 2. The van der Waals surface area contributed by atoms with E-state index in [1.165, 1.54) is 6.92 Å². The first kappa shape index (κ1) is 16.2. The van der Waals surface area contributed by atoms with Crippen LogP contribution in [-0.4, -0.2) is 24.9 Å². The number of carbonyl (C=O) groups is 2. The average Bonchev–Trinajstić information content (AvgIpc) is 2.45. The molecule has 0 bridgehead atoms. The Kier molecular flexibility index (Phi) is 6.73. The van der Waals surface area contributed by atoms with Crippen LogP contribution in [0.15, 0.2) is 30.3 Å². The molecule has 2 unspecified atom stereocenters. The molecule has 2 atom stereocenters. The lowest BCUT2D eigenvalue weighted by atomic mass is 9.95. The standard InChI is InChI=1S/C15H23N3O2/c1-11(14(16)13-7-4-3-5-8-13)15(20)18-10-6-9-17-12(2)19/h3-5,7-8,11,14H,6,9-10,16H2,1-2H3,(H,17,19)(H,18,20). The first-order valence-corrected chi connectivity index (χ1v) is 6.85. The summed E-state index contributed by atoms with van der Waals surface area (Å²) >= 11 is 0. The van der Waals surface area contributed by atoms with Gasteiger partial charge in [-0.15, -0.1) is 0 Å². The van der Waals surface area contributed by atoms with Crippen molar-refractivity contribution in [3.05, 3.63) is 35.9 Å². The molecule has 0 aliphatic rings. The van der Waals surface area contributed by atoms with Crippen molar-refractivity contribution in [2.24, 2.45) is 11.7 Å². The monoisotopic (exact) mass is 277 g/mol. The van der Waals surface area contributed by atoms with Gasteiger partial charge in [-0.25, -0.2) is 0 Å². The van der Waals surface area contributed by atoms with E-state index in [1.807, 2.05) is 37.3 Å². The Labute approximate surface area is 119 Å². The summed E-state index contributed by atoms with van der Waals surface area (Å²) in [4.78, 5) is 22.7. The van der Waals surface area contributed by atoms with Gasteiger partial charge in [0.25, 0.3) is 0 Å². The molecular weight excluding hydrogens is 254 g/mol. The van der Waals surface area contributed by atoms with Crippen LogP contribution in [0, 0.1) is 5.92 Å². The van der Waals surface area contributed by atoms with Crippen LogP contribution in [0.2, 0.25) is 0 Å². The van der Waals surface area contributed by atoms with Crippen LogP contribution in [0.4, 0.5) is 0 Å². The second-order valence-corrected chi connectivity index (χ2v) is 4.85. The third-order valence-electron chi connectivity index (χ3n) is 3.16. The molecule has 0 radical (unpaired) electrons. The molecule has 5 heteroatoms. The van der Waals surface area contributed by atoms with Crippen LogP contribution in [0.3, 0.4) is 0 Å². The molecule has 1 aromatic carbocycles. The molecule has 0 saturated heterocycles. The maximum absolute atomic E-state index is 12.0. The molecule has 0 saturated carbocycles. The number of nitrogens with two attached hydrogens (primary N) is 1. The molecule has 4 N–H and O–H groups in total. The van der Waals surface area contributed by atoms with Crippen LogP contribution < -0.4 is 16.4 Å². The summed E-state index contributed by atoms with van der Waals surface area (Å²) in [6.07, 6.45) is 0.707. The van der Waals surface area contributed by atoms with Crippen molar-refractivity contribution in [2.75, 3.05) is 13.1 Å². The van der Waals surface area contributed by atoms with Gasteiger partial charge in [0, 0.05) is 26.1 Å². The van der Waals surface area contributed by atoms with Gasteiger partial charge in [0.1, 0.15) is 0 Å². The number of hydrogen-bond acceptors (Lipinski definition) is 3. The summed E-state index contributed by atoms with van der Waals surface area (Å²) in [5.41, 5.74) is 7.04. The van der Waals surface area contributed by atoms with Crippen molar-refractivity contribution in [1.29, 1.82) is 0 Å². The van der Waals surface area contributed by atoms with Crippen LogP contribution in [0.5, 0.6) is 0 Å². The Morgan fingerprint density at radius 3 is 2.35 bits per heavy atom. The van der Waals surface area contributed by atoms with Gasteiger partial charge in [-0.1, -0.05) is 37.3 Å². The van der Waals surface area contributed by atoms with E-state index in [4.69, 9.17) is 5.73 Å². The van der Waals surface area contributed by atoms with Gasteiger partial charge in [0.05, 0.1) is 5.92 Å². The molecule has 110 valence electrons. The van der Waals surface area contributed by atoms with E-state index in [9.17, 15) is 9.59 Å². The number of benzene rings is 1. The lowest BCUT2D eigenvalue weighted by Gasteiger charge is -2.19. The van der Waals surface area contributed by atoms with Crippen molar-refractivity contribution >= 4 is 11.8 Å². The summed E-state index contributed by atoms with van der Waals surface area (Å²) in [7, 11) is 0. The minimum absolute atomic E-state index is 0.0594. The second kappa shape index (κ2) is 8.32. The Bertz CT molecular complexity index is 434. The first-order valence-electron chi connectivity index (χ1n) is 6.85. The van der Waals surface area contributed by atoms with Crippen molar-refractivity contribution < 1.29 is 9.59 Å². The fourth-order valence-corrected chi connectivity index (χ4v) is 1.85. The maximum Gasteiger partial charge on any atom is 0.224 e. The SMILES string of the molecule is CC(=O)NCCCNC(=O)C(C)C(N)c1ccccc1. The van der Waals surface area contributed by atoms with Crippen molar-refractivity contribution in [3.63, 3.8) is 0 Å². The van der Waals surface area contributed by atoms with Gasteiger partial charge in [-0.05, 0) is 12.0 Å². The van der Waals surface area contributed by atoms with E-state index in [0.29, 0.717) is 19.5 Å². The van der Waals surface area contributed by atoms with Gasteiger partial charge in [-0.2, -0.15) is 0 Å². The molecule has 20 heavy (non-hydrogen) atoms. The Morgan fingerprint density at radius 2 is 1.75 bits per heavy atom. The van der Waals surface area contributed by atoms with E-state index in [0.717, 1.165) is 5.56 Å². The quantitative estimate of drug-likeness (QED) is 0.649. The summed E-state index contributed by atoms with van der Waals surface area (Å²) in [5.74, 6) is -0.418. The zero-order valence-corrected chi connectivity index (χ0v) is 12.1. The highest BCUT2D eigenvalue weighted by molar-refractivity contribution is 5.79. The highest BCUT2D eigenvalue weighted by atomic mass is 16.2.